The topological polar surface area (TPSA) is 47.0 Å². The minimum Gasteiger partial charge on any atom is -0.395 e. The van der Waals surface area contributed by atoms with Gasteiger partial charge in [-0.3, -0.25) is 9.69 Å². The fourth-order valence-electron chi connectivity index (χ4n) is 2.43. The molecule has 0 unspecified atom stereocenters. The maximum Gasteiger partial charge on any atom is 0.254 e. The van der Waals surface area contributed by atoms with Gasteiger partial charge in [0.15, 0.2) is 0 Å². The van der Waals surface area contributed by atoms with E-state index in [-0.39, 0.29) is 18.6 Å². The first kappa shape index (κ1) is 14.8. The maximum atomic E-state index is 12.5. The summed E-state index contributed by atoms with van der Waals surface area (Å²) >= 11 is 0. The largest absolute Gasteiger partial charge is 0.395 e. The van der Waals surface area contributed by atoms with Gasteiger partial charge in [-0.15, -0.1) is 0 Å². The molecule has 1 aromatic carbocycles. The van der Waals surface area contributed by atoms with E-state index in [1.807, 2.05) is 55.2 Å². The Kier molecular flexibility index (Phi) is 4.62. The normalized spacial score (nSPS) is 20.0. The number of aliphatic hydroxyl groups excluding tert-OH is 1. The summed E-state index contributed by atoms with van der Waals surface area (Å²) in [5.41, 5.74) is 1.72. The molecular formula is C15H23N3O2. The lowest BCUT2D eigenvalue weighted by molar-refractivity contribution is 0.0421. The summed E-state index contributed by atoms with van der Waals surface area (Å²) in [4.78, 5) is 18.5. The van der Waals surface area contributed by atoms with Gasteiger partial charge in [0.25, 0.3) is 5.91 Å². The van der Waals surface area contributed by atoms with Gasteiger partial charge in [0.05, 0.1) is 12.6 Å². The predicted octanol–water partition coefficient (Wildman–Crippen LogP) is 0.501. The van der Waals surface area contributed by atoms with Crippen molar-refractivity contribution in [3.63, 3.8) is 0 Å². The third-order valence-corrected chi connectivity index (χ3v) is 3.88. The molecule has 1 aliphatic heterocycles. The van der Waals surface area contributed by atoms with Crippen LogP contribution in [0.3, 0.4) is 0 Å². The zero-order valence-electron chi connectivity index (χ0n) is 12.4. The summed E-state index contributed by atoms with van der Waals surface area (Å²) in [5, 5.41) is 9.36. The molecule has 1 heterocycles. The summed E-state index contributed by atoms with van der Waals surface area (Å²) < 4.78 is 0. The number of likely N-dealkylation sites (N-methyl/N-ethyl adjacent to an activating group) is 1. The molecule has 2 rings (SSSR count). The first-order valence-electron chi connectivity index (χ1n) is 6.90. The molecule has 5 nitrogen and oxygen atoms in total. The molecule has 1 aromatic rings. The van der Waals surface area contributed by atoms with Crippen LogP contribution in [-0.4, -0.2) is 74.2 Å². The molecule has 110 valence electrons. The second-order valence-corrected chi connectivity index (χ2v) is 5.51. The number of carbonyl (C=O) groups excluding carboxylic acids is 1. The fourth-order valence-corrected chi connectivity index (χ4v) is 2.43. The first-order chi connectivity index (χ1) is 9.52. The number of hydrogen-bond acceptors (Lipinski definition) is 4. The highest BCUT2D eigenvalue weighted by molar-refractivity contribution is 5.95. The van der Waals surface area contributed by atoms with Crippen molar-refractivity contribution in [3.8, 4) is 0 Å². The van der Waals surface area contributed by atoms with Gasteiger partial charge in [0.1, 0.15) is 0 Å². The van der Waals surface area contributed by atoms with E-state index in [9.17, 15) is 9.90 Å². The van der Waals surface area contributed by atoms with E-state index in [4.69, 9.17) is 0 Å². The smallest absolute Gasteiger partial charge is 0.254 e. The van der Waals surface area contributed by atoms with E-state index in [1.54, 1.807) is 0 Å². The van der Waals surface area contributed by atoms with Crippen LogP contribution in [0.25, 0.3) is 0 Å². The van der Waals surface area contributed by atoms with Gasteiger partial charge in [-0.25, -0.2) is 0 Å². The second-order valence-electron chi connectivity index (χ2n) is 5.51. The minimum atomic E-state index is 0.0322. The lowest BCUT2D eigenvalue weighted by Gasteiger charge is -2.38. The highest BCUT2D eigenvalue weighted by Gasteiger charge is 2.27. The molecule has 0 spiro atoms. The molecule has 0 radical (unpaired) electrons. The van der Waals surface area contributed by atoms with Crippen molar-refractivity contribution in [1.29, 1.82) is 0 Å². The van der Waals surface area contributed by atoms with E-state index in [0.717, 1.165) is 12.2 Å². The standard InChI is InChI=1S/C15H23N3O2/c1-16(2)13-6-4-5-12(9-13)15(20)18-8-7-17(3)14(10-18)11-19/h4-6,9,14,19H,7-8,10-11H2,1-3H3/t14-/m0/s1. The van der Waals surface area contributed by atoms with Crippen LogP contribution < -0.4 is 4.90 Å². The van der Waals surface area contributed by atoms with Crippen LogP contribution in [0, 0.1) is 0 Å². The Morgan fingerprint density at radius 2 is 2.15 bits per heavy atom. The number of nitrogens with zero attached hydrogens (tertiary/aromatic N) is 3. The van der Waals surface area contributed by atoms with Crippen molar-refractivity contribution in [2.45, 2.75) is 6.04 Å². The summed E-state index contributed by atoms with van der Waals surface area (Å²) in [6.45, 7) is 2.17. The molecule has 1 fully saturated rings. The predicted molar refractivity (Wildman–Crippen MR) is 80.2 cm³/mol. The molecule has 5 heteroatoms. The van der Waals surface area contributed by atoms with E-state index in [1.165, 1.54) is 0 Å². The van der Waals surface area contributed by atoms with Gasteiger partial charge in [-0.05, 0) is 25.2 Å². The number of piperazine rings is 1. The first-order valence-corrected chi connectivity index (χ1v) is 6.90. The van der Waals surface area contributed by atoms with Crippen LogP contribution in [-0.2, 0) is 0 Å². The minimum absolute atomic E-state index is 0.0322. The van der Waals surface area contributed by atoms with Crippen molar-refractivity contribution < 1.29 is 9.90 Å². The Labute approximate surface area is 120 Å². The average molecular weight is 277 g/mol. The Morgan fingerprint density at radius 3 is 2.80 bits per heavy atom. The van der Waals surface area contributed by atoms with Crippen LogP contribution in [0.1, 0.15) is 10.4 Å². The quantitative estimate of drug-likeness (QED) is 0.874. The number of anilines is 1. The van der Waals surface area contributed by atoms with E-state index in [0.29, 0.717) is 18.7 Å². The van der Waals surface area contributed by atoms with Crippen LogP contribution >= 0.6 is 0 Å². The van der Waals surface area contributed by atoms with E-state index < -0.39 is 0 Å². The SMILES string of the molecule is CN(C)c1cccc(C(=O)N2CCN(C)[C@H](CO)C2)c1. The molecule has 1 saturated heterocycles. The van der Waals surface area contributed by atoms with Gasteiger partial charge in [0, 0.05) is 45.0 Å². The Hall–Kier alpha value is -1.59. The zero-order chi connectivity index (χ0) is 14.7. The van der Waals surface area contributed by atoms with Crippen molar-refractivity contribution in [2.75, 3.05) is 52.3 Å². The zero-order valence-corrected chi connectivity index (χ0v) is 12.4. The lowest BCUT2D eigenvalue weighted by atomic mass is 10.1. The summed E-state index contributed by atoms with van der Waals surface area (Å²) in [6, 6.07) is 7.68. The number of hydrogen-bond donors (Lipinski definition) is 1. The maximum absolute atomic E-state index is 12.5. The van der Waals surface area contributed by atoms with Gasteiger partial charge < -0.3 is 14.9 Å². The van der Waals surface area contributed by atoms with Gasteiger partial charge in [-0.2, -0.15) is 0 Å². The van der Waals surface area contributed by atoms with Crippen molar-refractivity contribution in [2.24, 2.45) is 0 Å². The number of aliphatic hydroxyl groups is 1. The molecule has 1 amide bonds. The third-order valence-electron chi connectivity index (χ3n) is 3.88. The van der Waals surface area contributed by atoms with E-state index >= 15 is 0 Å². The average Bonchev–Trinajstić information content (AvgIpc) is 2.47. The molecule has 0 saturated carbocycles. The number of carbonyl (C=O) groups is 1. The van der Waals surface area contributed by atoms with Crippen LogP contribution in [0.4, 0.5) is 5.69 Å². The molecule has 0 aromatic heterocycles. The molecular weight excluding hydrogens is 254 g/mol. The van der Waals surface area contributed by atoms with Gasteiger partial charge in [-0.1, -0.05) is 6.07 Å². The molecule has 0 aliphatic carbocycles. The van der Waals surface area contributed by atoms with Crippen LogP contribution in [0.15, 0.2) is 24.3 Å². The molecule has 1 atom stereocenters. The summed E-state index contributed by atoms with van der Waals surface area (Å²) in [5.74, 6) is 0.0419. The van der Waals surface area contributed by atoms with Crippen molar-refractivity contribution in [1.82, 2.24) is 9.80 Å². The lowest BCUT2D eigenvalue weighted by Crippen LogP contribution is -2.54. The highest BCUT2D eigenvalue weighted by Crippen LogP contribution is 2.17. The molecule has 1 aliphatic rings. The van der Waals surface area contributed by atoms with Gasteiger partial charge >= 0.3 is 0 Å². The monoisotopic (exact) mass is 277 g/mol. The number of amides is 1. The fraction of sp³-hybridized carbons (Fsp3) is 0.533. The number of benzene rings is 1. The molecule has 20 heavy (non-hydrogen) atoms. The Morgan fingerprint density at radius 1 is 1.40 bits per heavy atom. The molecule has 1 N–H and O–H groups in total. The van der Waals surface area contributed by atoms with Gasteiger partial charge in [0.2, 0.25) is 0 Å². The Bertz CT molecular complexity index is 476. The van der Waals surface area contributed by atoms with Crippen molar-refractivity contribution >= 4 is 11.6 Å². The van der Waals surface area contributed by atoms with E-state index in [2.05, 4.69) is 4.90 Å². The highest BCUT2D eigenvalue weighted by atomic mass is 16.3. The second kappa shape index (κ2) is 6.24. The summed E-state index contributed by atoms with van der Waals surface area (Å²) in [6.07, 6.45) is 0. The van der Waals surface area contributed by atoms with Crippen LogP contribution in [0.2, 0.25) is 0 Å². The molecule has 0 bridgehead atoms. The van der Waals surface area contributed by atoms with Crippen molar-refractivity contribution in [3.05, 3.63) is 29.8 Å². The number of rotatable bonds is 3. The third kappa shape index (κ3) is 3.11. The van der Waals surface area contributed by atoms with Crippen LogP contribution in [0.5, 0.6) is 0 Å². The Balaban J connectivity index is 2.13. The summed E-state index contributed by atoms with van der Waals surface area (Å²) in [7, 11) is 5.90.